The fourth-order valence-electron chi connectivity index (χ4n) is 1.92. The molecule has 1 saturated carbocycles. The predicted molar refractivity (Wildman–Crippen MR) is 55.3 cm³/mol. The lowest BCUT2D eigenvalue weighted by Gasteiger charge is -2.09. The van der Waals surface area contributed by atoms with Crippen LogP contribution in [0.2, 0.25) is 0 Å². The number of carbonyl (C=O) groups excluding carboxylic acids is 2. The molecule has 1 atom stereocenters. The molecule has 0 aromatic carbocycles. The summed E-state index contributed by atoms with van der Waals surface area (Å²) in [6.45, 7) is 2.00. The monoisotopic (exact) mass is 212 g/mol. The maximum atomic E-state index is 11.9. The Morgan fingerprint density at radius 1 is 1.40 bits per heavy atom. The molecule has 0 N–H and O–H groups in total. The first-order valence-electron chi connectivity index (χ1n) is 7.23. The Hall–Kier alpha value is -1.12. The Balaban J connectivity index is 2.37. The third kappa shape index (κ3) is 1.96. The highest BCUT2D eigenvalue weighted by Gasteiger charge is 2.33. The number of ketones is 2. The van der Waals surface area contributed by atoms with Crippen molar-refractivity contribution >= 4 is 11.6 Å². The Morgan fingerprint density at radius 3 is 2.67 bits per heavy atom. The molecule has 2 aliphatic rings. The molecular formula is C12H16O3. The van der Waals surface area contributed by atoms with Crippen LogP contribution in [0.3, 0.4) is 0 Å². The molecule has 0 unspecified atom stereocenters. The summed E-state index contributed by atoms with van der Waals surface area (Å²) in [6.07, 6.45) is -2.89. The van der Waals surface area contributed by atoms with Crippen LogP contribution in [0, 0.1) is 0 Å². The summed E-state index contributed by atoms with van der Waals surface area (Å²) in [6, 6.07) is 0. The molecule has 1 aliphatic carbocycles. The second-order valence-electron chi connectivity index (χ2n) is 3.77. The number of carbonyl (C=O) groups is 2. The van der Waals surface area contributed by atoms with Gasteiger partial charge in [0.25, 0.3) is 0 Å². The van der Waals surface area contributed by atoms with E-state index in [0.717, 1.165) is 12.8 Å². The van der Waals surface area contributed by atoms with Crippen LogP contribution in [0.1, 0.15) is 50.8 Å². The maximum absolute atomic E-state index is 11.9. The van der Waals surface area contributed by atoms with E-state index in [1.165, 1.54) is 0 Å². The molecule has 0 bridgehead atoms. The number of ether oxygens (including phenoxy) is 1. The average Bonchev–Trinajstić information content (AvgIpc) is 2.81. The summed E-state index contributed by atoms with van der Waals surface area (Å²) in [4.78, 5) is 23.9. The van der Waals surface area contributed by atoms with Crippen molar-refractivity contribution in [2.24, 2.45) is 0 Å². The van der Waals surface area contributed by atoms with Crippen molar-refractivity contribution in [3.63, 3.8) is 0 Å². The largest absolute Gasteiger partial charge is 0.494 e. The second-order valence-corrected chi connectivity index (χ2v) is 3.77. The first-order chi connectivity index (χ1) is 8.73. The van der Waals surface area contributed by atoms with Gasteiger partial charge >= 0.3 is 0 Å². The Labute approximate surface area is 95.1 Å². The zero-order valence-electron chi connectivity index (χ0n) is 12.6. The van der Waals surface area contributed by atoms with Gasteiger partial charge in [0.15, 0.2) is 11.6 Å². The molecule has 0 spiro atoms. The number of hydrogen-bond donors (Lipinski definition) is 0. The smallest absolute Gasteiger partial charge is 0.170 e. The fraction of sp³-hybridized carbons (Fsp3) is 0.667. The van der Waals surface area contributed by atoms with Crippen LogP contribution in [-0.4, -0.2) is 17.7 Å². The molecule has 2 fully saturated rings. The molecule has 2 rings (SSSR count). The van der Waals surface area contributed by atoms with Gasteiger partial charge in [-0.05, 0) is 12.8 Å². The van der Waals surface area contributed by atoms with E-state index in [9.17, 15) is 9.59 Å². The van der Waals surface area contributed by atoms with Gasteiger partial charge in [-0.25, -0.2) is 0 Å². The van der Waals surface area contributed by atoms with E-state index in [0.29, 0.717) is 12.8 Å². The molecule has 1 aliphatic heterocycles. The third-order valence-electron chi connectivity index (χ3n) is 2.64. The van der Waals surface area contributed by atoms with Gasteiger partial charge in [-0.1, -0.05) is 13.3 Å². The van der Waals surface area contributed by atoms with Crippen molar-refractivity contribution in [3.8, 4) is 0 Å². The van der Waals surface area contributed by atoms with E-state index in [1.54, 1.807) is 0 Å². The Morgan fingerprint density at radius 2 is 2.07 bits per heavy atom. The quantitative estimate of drug-likeness (QED) is 0.520. The molecule has 3 nitrogen and oxygen atoms in total. The van der Waals surface area contributed by atoms with E-state index >= 15 is 0 Å². The first kappa shape index (κ1) is 6.46. The molecular weight excluding hydrogens is 192 g/mol. The lowest BCUT2D eigenvalue weighted by Crippen LogP contribution is -2.07. The molecule has 3 heteroatoms. The Kier molecular flexibility index (Phi) is 1.80. The van der Waals surface area contributed by atoms with E-state index in [2.05, 4.69) is 0 Å². The van der Waals surface area contributed by atoms with E-state index in [1.807, 2.05) is 6.92 Å². The van der Waals surface area contributed by atoms with Crippen LogP contribution in [-0.2, 0) is 14.3 Å². The highest BCUT2D eigenvalue weighted by molar-refractivity contribution is 6.25. The Bertz CT molecular complexity index is 440. The summed E-state index contributed by atoms with van der Waals surface area (Å²) in [7, 11) is 0. The van der Waals surface area contributed by atoms with Crippen molar-refractivity contribution in [2.75, 3.05) is 0 Å². The SMILES string of the molecule is [2H]C1([2H])C(=O)C(=C2CC[C@H](CCC)O2)C(=O)C1([2H])[2H]. The molecule has 82 valence electrons. The lowest BCUT2D eigenvalue weighted by atomic mass is 10.1. The van der Waals surface area contributed by atoms with E-state index < -0.39 is 29.9 Å². The van der Waals surface area contributed by atoms with Gasteiger partial charge in [-0.2, -0.15) is 0 Å². The zero-order valence-corrected chi connectivity index (χ0v) is 8.63. The van der Waals surface area contributed by atoms with Crippen LogP contribution in [0.25, 0.3) is 0 Å². The van der Waals surface area contributed by atoms with Crippen molar-refractivity contribution < 1.29 is 19.8 Å². The fourth-order valence-corrected chi connectivity index (χ4v) is 1.92. The van der Waals surface area contributed by atoms with Gasteiger partial charge in [-0.15, -0.1) is 0 Å². The summed E-state index contributed by atoms with van der Waals surface area (Å²) in [5, 5.41) is 0. The number of rotatable bonds is 2. The normalized spacial score (nSPS) is 37.0. The number of allylic oxidation sites excluding steroid dienone is 2. The topological polar surface area (TPSA) is 43.4 Å². The predicted octanol–water partition coefficient (Wildman–Crippen LogP) is 2.15. The highest BCUT2D eigenvalue weighted by atomic mass is 16.5. The van der Waals surface area contributed by atoms with Crippen molar-refractivity contribution in [1.29, 1.82) is 0 Å². The van der Waals surface area contributed by atoms with E-state index in [-0.39, 0.29) is 11.9 Å². The second kappa shape index (κ2) is 4.17. The van der Waals surface area contributed by atoms with Gasteiger partial charge in [0.05, 0.1) is 11.7 Å². The van der Waals surface area contributed by atoms with Gasteiger partial charge in [-0.3, -0.25) is 9.59 Å². The standard InChI is InChI=1S/C12H16O3/c1-2-3-8-4-7-11(15-8)12-9(13)5-6-10(12)14/h8H,2-7H2,1H3/t8-/m0/s1/i5D2,6D2. The minimum absolute atomic E-state index is 0.0644. The number of Topliss-reactive ketones (excluding diaryl/α,β-unsaturated/α-hetero) is 2. The van der Waals surface area contributed by atoms with Gasteiger partial charge in [0, 0.05) is 24.6 Å². The maximum Gasteiger partial charge on any atom is 0.170 e. The molecule has 1 saturated heterocycles. The van der Waals surface area contributed by atoms with Crippen LogP contribution < -0.4 is 0 Å². The zero-order chi connectivity index (χ0) is 14.4. The van der Waals surface area contributed by atoms with Crippen molar-refractivity contribution in [3.05, 3.63) is 11.3 Å². The molecule has 15 heavy (non-hydrogen) atoms. The van der Waals surface area contributed by atoms with Crippen LogP contribution in [0.5, 0.6) is 0 Å². The van der Waals surface area contributed by atoms with Crippen molar-refractivity contribution in [1.82, 2.24) is 0 Å². The minimum Gasteiger partial charge on any atom is -0.494 e. The lowest BCUT2D eigenvalue weighted by molar-refractivity contribution is -0.116. The number of hydrogen-bond acceptors (Lipinski definition) is 3. The molecule has 1 heterocycles. The van der Waals surface area contributed by atoms with E-state index in [4.69, 9.17) is 10.2 Å². The first-order valence-corrected chi connectivity index (χ1v) is 5.23. The summed E-state index contributed by atoms with van der Waals surface area (Å²) >= 11 is 0. The highest BCUT2D eigenvalue weighted by Crippen LogP contribution is 2.32. The molecule has 0 radical (unpaired) electrons. The van der Waals surface area contributed by atoms with Gasteiger partial charge in [0.1, 0.15) is 5.76 Å². The van der Waals surface area contributed by atoms with Gasteiger partial charge in [0.2, 0.25) is 0 Å². The molecule has 0 aromatic rings. The van der Waals surface area contributed by atoms with Crippen molar-refractivity contribution in [2.45, 2.75) is 51.5 Å². The van der Waals surface area contributed by atoms with Crippen LogP contribution in [0.15, 0.2) is 11.3 Å². The molecule has 0 amide bonds. The molecule has 0 aromatic heterocycles. The minimum atomic E-state index is -2.81. The third-order valence-corrected chi connectivity index (χ3v) is 2.64. The average molecular weight is 212 g/mol. The summed E-state index contributed by atoms with van der Waals surface area (Å²) in [5.41, 5.74) is -0.409. The summed E-state index contributed by atoms with van der Waals surface area (Å²) in [5.74, 6) is -2.01. The summed E-state index contributed by atoms with van der Waals surface area (Å²) < 4.78 is 35.4. The van der Waals surface area contributed by atoms with Gasteiger partial charge < -0.3 is 4.74 Å². The van der Waals surface area contributed by atoms with Crippen LogP contribution >= 0.6 is 0 Å². The van der Waals surface area contributed by atoms with Crippen LogP contribution in [0.4, 0.5) is 0 Å².